The van der Waals surface area contributed by atoms with Gasteiger partial charge < -0.3 is 15.1 Å². The first-order valence-electron chi connectivity index (χ1n) is 8.61. The first-order valence-corrected chi connectivity index (χ1v) is 8.61. The van der Waals surface area contributed by atoms with Crippen molar-refractivity contribution in [3.05, 3.63) is 35.4 Å². The Balaban J connectivity index is 1.52. The predicted octanol–water partition coefficient (Wildman–Crippen LogP) is 2.45. The zero-order valence-electron chi connectivity index (χ0n) is 13.6. The molecule has 1 aromatic rings. The number of amides is 2. The maximum Gasteiger partial charge on any atom is 0.317 e. The lowest BCUT2D eigenvalue weighted by Gasteiger charge is -2.34. The number of aryl methyl sites for hydroxylation is 1. The van der Waals surface area contributed by atoms with Crippen LogP contribution >= 0.6 is 0 Å². The van der Waals surface area contributed by atoms with Crippen LogP contribution in [-0.2, 0) is 6.42 Å². The van der Waals surface area contributed by atoms with E-state index in [4.69, 9.17) is 0 Å². The first-order chi connectivity index (χ1) is 10.8. The van der Waals surface area contributed by atoms with Crippen LogP contribution < -0.4 is 5.32 Å². The Morgan fingerprint density at radius 2 is 2.00 bits per heavy atom. The van der Waals surface area contributed by atoms with Crippen molar-refractivity contribution >= 4 is 6.03 Å². The van der Waals surface area contributed by atoms with Gasteiger partial charge in [0.1, 0.15) is 0 Å². The van der Waals surface area contributed by atoms with E-state index in [-0.39, 0.29) is 6.03 Å². The summed E-state index contributed by atoms with van der Waals surface area (Å²) in [6.45, 7) is 7.71. The molecule has 1 aromatic carbocycles. The van der Waals surface area contributed by atoms with Crippen molar-refractivity contribution in [2.24, 2.45) is 0 Å². The SMILES string of the molecule is CCN1CCN(C(=O)NCC2CCCc3ccccc32)CC1. The van der Waals surface area contributed by atoms with Crippen molar-refractivity contribution in [3.8, 4) is 0 Å². The zero-order valence-corrected chi connectivity index (χ0v) is 13.6. The van der Waals surface area contributed by atoms with Crippen molar-refractivity contribution in [1.29, 1.82) is 0 Å². The van der Waals surface area contributed by atoms with Crippen molar-refractivity contribution in [2.75, 3.05) is 39.3 Å². The lowest BCUT2D eigenvalue weighted by molar-refractivity contribution is 0.142. The van der Waals surface area contributed by atoms with Crippen molar-refractivity contribution in [1.82, 2.24) is 15.1 Å². The Kier molecular flexibility index (Phi) is 4.98. The first kappa shape index (κ1) is 15.3. The predicted molar refractivity (Wildman–Crippen MR) is 89.2 cm³/mol. The van der Waals surface area contributed by atoms with E-state index in [1.807, 2.05) is 4.90 Å². The van der Waals surface area contributed by atoms with Gasteiger partial charge in [-0.05, 0) is 36.9 Å². The summed E-state index contributed by atoms with van der Waals surface area (Å²) >= 11 is 0. The molecule has 1 fully saturated rings. The Morgan fingerprint density at radius 3 is 2.77 bits per heavy atom. The minimum Gasteiger partial charge on any atom is -0.337 e. The molecule has 1 saturated heterocycles. The highest BCUT2D eigenvalue weighted by Crippen LogP contribution is 2.30. The lowest BCUT2D eigenvalue weighted by Crippen LogP contribution is -2.52. The molecule has 1 atom stereocenters. The molecule has 1 aliphatic carbocycles. The molecule has 0 saturated carbocycles. The van der Waals surface area contributed by atoms with Crippen LogP contribution in [-0.4, -0.2) is 55.1 Å². The maximum absolute atomic E-state index is 12.3. The van der Waals surface area contributed by atoms with E-state index >= 15 is 0 Å². The molecule has 2 aliphatic rings. The van der Waals surface area contributed by atoms with Gasteiger partial charge in [-0.1, -0.05) is 31.2 Å². The average molecular weight is 301 g/mol. The summed E-state index contributed by atoms with van der Waals surface area (Å²) in [7, 11) is 0. The molecule has 3 rings (SSSR count). The van der Waals surface area contributed by atoms with Gasteiger partial charge in [0.15, 0.2) is 0 Å². The molecule has 0 bridgehead atoms. The summed E-state index contributed by atoms with van der Waals surface area (Å²) in [4.78, 5) is 16.7. The highest BCUT2D eigenvalue weighted by molar-refractivity contribution is 5.74. The van der Waals surface area contributed by atoms with E-state index in [9.17, 15) is 4.79 Å². The number of fused-ring (bicyclic) bond motifs is 1. The second-order valence-corrected chi connectivity index (χ2v) is 6.40. The van der Waals surface area contributed by atoms with Gasteiger partial charge in [-0.3, -0.25) is 0 Å². The number of urea groups is 1. The third kappa shape index (κ3) is 3.43. The lowest BCUT2D eigenvalue weighted by atomic mass is 9.83. The number of benzene rings is 1. The molecule has 2 amide bonds. The number of hydrogen-bond acceptors (Lipinski definition) is 2. The monoisotopic (exact) mass is 301 g/mol. The van der Waals surface area contributed by atoms with Crippen molar-refractivity contribution in [2.45, 2.75) is 32.1 Å². The molecule has 0 radical (unpaired) electrons. The Bertz CT molecular complexity index is 509. The van der Waals surface area contributed by atoms with Crippen molar-refractivity contribution < 1.29 is 4.79 Å². The fraction of sp³-hybridized carbons (Fsp3) is 0.611. The molecule has 4 nitrogen and oxygen atoms in total. The van der Waals surface area contributed by atoms with Crippen LogP contribution in [0.15, 0.2) is 24.3 Å². The Hall–Kier alpha value is -1.55. The summed E-state index contributed by atoms with van der Waals surface area (Å²) in [6.07, 6.45) is 3.59. The quantitative estimate of drug-likeness (QED) is 0.931. The van der Waals surface area contributed by atoms with Crippen LogP contribution in [0.4, 0.5) is 4.79 Å². The van der Waals surface area contributed by atoms with Crippen LogP contribution in [0.5, 0.6) is 0 Å². The summed E-state index contributed by atoms with van der Waals surface area (Å²) in [5.41, 5.74) is 2.90. The van der Waals surface area contributed by atoms with Crippen LogP contribution in [0, 0.1) is 0 Å². The Labute approximate surface area is 133 Å². The Morgan fingerprint density at radius 1 is 1.23 bits per heavy atom. The van der Waals surface area contributed by atoms with Crippen LogP contribution in [0.25, 0.3) is 0 Å². The molecule has 1 aliphatic heterocycles. The van der Waals surface area contributed by atoms with Gasteiger partial charge in [-0.25, -0.2) is 4.79 Å². The van der Waals surface area contributed by atoms with E-state index in [1.165, 1.54) is 30.4 Å². The maximum atomic E-state index is 12.3. The number of likely N-dealkylation sites (N-methyl/N-ethyl adjacent to an activating group) is 1. The highest BCUT2D eigenvalue weighted by atomic mass is 16.2. The smallest absolute Gasteiger partial charge is 0.317 e. The largest absolute Gasteiger partial charge is 0.337 e. The number of carbonyl (C=O) groups is 1. The van der Waals surface area contributed by atoms with E-state index in [0.29, 0.717) is 5.92 Å². The molecule has 1 N–H and O–H groups in total. The second kappa shape index (κ2) is 7.14. The molecular formula is C18H27N3O. The molecule has 0 spiro atoms. The van der Waals surface area contributed by atoms with Gasteiger partial charge in [0, 0.05) is 38.6 Å². The number of nitrogens with zero attached hydrogens (tertiary/aromatic N) is 2. The highest BCUT2D eigenvalue weighted by Gasteiger charge is 2.23. The number of hydrogen-bond donors (Lipinski definition) is 1. The molecule has 1 heterocycles. The zero-order chi connectivity index (χ0) is 15.4. The van der Waals surface area contributed by atoms with Gasteiger partial charge in [0.2, 0.25) is 0 Å². The van der Waals surface area contributed by atoms with Gasteiger partial charge in [0.05, 0.1) is 0 Å². The summed E-state index contributed by atoms with van der Waals surface area (Å²) in [6, 6.07) is 8.80. The summed E-state index contributed by atoms with van der Waals surface area (Å²) in [5.74, 6) is 0.478. The number of nitrogens with one attached hydrogen (secondary N) is 1. The fourth-order valence-corrected chi connectivity index (χ4v) is 3.66. The molecule has 22 heavy (non-hydrogen) atoms. The van der Waals surface area contributed by atoms with Gasteiger partial charge in [-0.2, -0.15) is 0 Å². The van der Waals surface area contributed by atoms with Gasteiger partial charge in [0.25, 0.3) is 0 Å². The third-order valence-corrected chi connectivity index (χ3v) is 5.10. The van der Waals surface area contributed by atoms with E-state index in [1.54, 1.807) is 0 Å². The normalized spacial score (nSPS) is 22.2. The van der Waals surface area contributed by atoms with Crippen LogP contribution in [0.2, 0.25) is 0 Å². The van der Waals surface area contributed by atoms with Crippen LogP contribution in [0.3, 0.4) is 0 Å². The molecule has 1 unspecified atom stereocenters. The van der Waals surface area contributed by atoms with Crippen molar-refractivity contribution in [3.63, 3.8) is 0 Å². The van der Waals surface area contributed by atoms with E-state index in [2.05, 4.69) is 41.4 Å². The average Bonchev–Trinajstić information content (AvgIpc) is 2.59. The fourth-order valence-electron chi connectivity index (χ4n) is 3.66. The minimum absolute atomic E-state index is 0.110. The number of carbonyl (C=O) groups excluding carboxylic acids is 1. The molecule has 120 valence electrons. The number of piperazine rings is 1. The molecular weight excluding hydrogens is 274 g/mol. The molecule has 4 heteroatoms. The topological polar surface area (TPSA) is 35.6 Å². The number of rotatable bonds is 3. The standard InChI is InChI=1S/C18H27N3O/c1-2-20-10-12-21(13-11-20)18(22)19-14-16-8-5-7-15-6-3-4-9-17(15)16/h3-4,6,9,16H,2,5,7-8,10-14H2,1H3,(H,19,22). The minimum atomic E-state index is 0.110. The third-order valence-electron chi connectivity index (χ3n) is 5.10. The summed E-state index contributed by atoms with van der Waals surface area (Å²) in [5, 5.41) is 3.16. The second-order valence-electron chi connectivity index (χ2n) is 6.40. The molecule has 0 aromatic heterocycles. The summed E-state index contributed by atoms with van der Waals surface area (Å²) < 4.78 is 0. The van der Waals surface area contributed by atoms with E-state index in [0.717, 1.165) is 39.3 Å². The van der Waals surface area contributed by atoms with E-state index < -0.39 is 0 Å². The van der Waals surface area contributed by atoms with Gasteiger partial charge >= 0.3 is 6.03 Å². The van der Waals surface area contributed by atoms with Crippen LogP contribution in [0.1, 0.15) is 36.8 Å². The van der Waals surface area contributed by atoms with Gasteiger partial charge in [-0.15, -0.1) is 0 Å².